The van der Waals surface area contributed by atoms with Crippen LogP contribution in [0.15, 0.2) is 0 Å². The number of hydrogen-bond donors (Lipinski definition) is 4. The smallest absolute Gasteiger partial charge is 0.328 e. The van der Waals surface area contributed by atoms with E-state index in [0.29, 0.717) is 4.32 Å². The van der Waals surface area contributed by atoms with E-state index in [1.807, 2.05) is 23.8 Å². The van der Waals surface area contributed by atoms with Crippen molar-refractivity contribution in [2.24, 2.45) is 0 Å². The molecule has 0 aromatic rings. The van der Waals surface area contributed by atoms with Gasteiger partial charge in [0.1, 0.15) is 15.4 Å². The van der Waals surface area contributed by atoms with Gasteiger partial charge >= 0.3 is 11.9 Å². The van der Waals surface area contributed by atoms with Crippen LogP contribution in [0.3, 0.4) is 0 Å². The molecule has 0 aromatic heterocycles. The number of thiocarbonyl (C=S) groups is 1. The monoisotopic (exact) mass is 620 g/mol. The summed E-state index contributed by atoms with van der Waals surface area (Å²) in [5.74, 6) is -2.90. The first-order valence-corrected chi connectivity index (χ1v) is 15.3. The lowest BCUT2D eigenvalue weighted by atomic mass is 9.82. The Labute approximate surface area is 255 Å². The Morgan fingerprint density at radius 3 is 1.66 bits per heavy atom. The fourth-order valence-corrected chi connectivity index (χ4v) is 5.72. The number of rotatable bonds is 11. The van der Waals surface area contributed by atoms with Crippen molar-refractivity contribution in [3.05, 3.63) is 0 Å². The van der Waals surface area contributed by atoms with Crippen LogP contribution < -0.4 is 10.6 Å². The molecule has 0 saturated carbocycles. The highest BCUT2D eigenvalue weighted by molar-refractivity contribution is 8.23. The van der Waals surface area contributed by atoms with Gasteiger partial charge in [-0.2, -0.15) is 5.06 Å². The summed E-state index contributed by atoms with van der Waals surface area (Å²) < 4.78 is 0.654. The third-order valence-electron chi connectivity index (χ3n) is 6.92. The zero-order valence-electron chi connectivity index (χ0n) is 26.8. The van der Waals surface area contributed by atoms with E-state index in [0.717, 1.165) is 32.4 Å². The lowest BCUT2D eigenvalue weighted by Crippen LogP contribution is -2.61. The molecule has 2 amide bonds. The first-order chi connectivity index (χ1) is 18.4. The largest absolute Gasteiger partial charge is 0.480 e. The molecule has 1 rings (SSSR count). The van der Waals surface area contributed by atoms with Crippen molar-refractivity contribution in [1.29, 1.82) is 0 Å². The first-order valence-electron chi connectivity index (χ1n) is 14.0. The number of amides is 2. The predicted molar refractivity (Wildman–Crippen MR) is 167 cm³/mol. The molecule has 1 saturated heterocycles. The van der Waals surface area contributed by atoms with Crippen LogP contribution in [0.4, 0.5) is 0 Å². The molecular formula is C28H52N4O7S2. The SMILES string of the molecule is CC(ON1C(C)(C)CCCC1(C)C)C(=O)NC(C)(C)C(=O)O.CCN(CC)C(=S)SC(C)C(=O)NC(C)(C)C(=O)O. The molecule has 11 nitrogen and oxygen atoms in total. The van der Waals surface area contributed by atoms with Gasteiger partial charge in [-0.3, -0.25) is 14.4 Å². The number of carbonyl (C=O) groups excluding carboxylic acids is 2. The van der Waals surface area contributed by atoms with E-state index in [9.17, 15) is 19.2 Å². The number of hydroxylamine groups is 2. The van der Waals surface area contributed by atoms with Crippen molar-refractivity contribution in [2.45, 2.75) is 136 Å². The van der Waals surface area contributed by atoms with Gasteiger partial charge in [0.05, 0.1) is 5.25 Å². The summed E-state index contributed by atoms with van der Waals surface area (Å²) in [7, 11) is 0. The highest BCUT2D eigenvalue weighted by Gasteiger charge is 2.44. The van der Waals surface area contributed by atoms with Crippen LogP contribution in [0.1, 0.15) is 102 Å². The van der Waals surface area contributed by atoms with Gasteiger partial charge in [0, 0.05) is 24.2 Å². The normalized spacial score (nSPS) is 18.1. The molecule has 2 unspecified atom stereocenters. The van der Waals surface area contributed by atoms with Crippen LogP contribution >= 0.6 is 24.0 Å². The van der Waals surface area contributed by atoms with E-state index in [1.54, 1.807) is 13.8 Å². The van der Waals surface area contributed by atoms with Gasteiger partial charge in [-0.05, 0) is 102 Å². The molecule has 0 bridgehead atoms. The van der Waals surface area contributed by atoms with E-state index < -0.39 is 40.3 Å². The van der Waals surface area contributed by atoms with Crippen LogP contribution in [-0.4, -0.2) is 94.8 Å². The Morgan fingerprint density at radius 1 is 0.902 bits per heavy atom. The van der Waals surface area contributed by atoms with E-state index in [4.69, 9.17) is 27.3 Å². The molecule has 0 radical (unpaired) electrons. The summed E-state index contributed by atoms with van der Waals surface area (Å²) in [5.41, 5.74) is -2.93. The van der Waals surface area contributed by atoms with Crippen molar-refractivity contribution in [1.82, 2.24) is 20.6 Å². The summed E-state index contributed by atoms with van der Waals surface area (Å²) in [6.45, 7) is 23.1. The fraction of sp³-hybridized carbons (Fsp3) is 0.821. The molecule has 1 heterocycles. The molecule has 0 aromatic carbocycles. The highest BCUT2D eigenvalue weighted by Crippen LogP contribution is 2.38. The number of carbonyl (C=O) groups is 4. The molecule has 1 fully saturated rings. The number of nitrogens with one attached hydrogen (secondary N) is 2. The van der Waals surface area contributed by atoms with E-state index in [-0.39, 0.29) is 17.0 Å². The van der Waals surface area contributed by atoms with E-state index >= 15 is 0 Å². The van der Waals surface area contributed by atoms with E-state index in [1.165, 1.54) is 39.5 Å². The lowest BCUT2D eigenvalue weighted by Gasteiger charge is -2.52. The quantitative estimate of drug-likeness (QED) is 0.248. The molecule has 1 aliphatic rings. The molecular weight excluding hydrogens is 568 g/mol. The molecule has 13 heteroatoms. The van der Waals surface area contributed by atoms with Crippen molar-refractivity contribution in [3.8, 4) is 0 Å². The molecule has 2 atom stereocenters. The molecule has 41 heavy (non-hydrogen) atoms. The minimum atomic E-state index is -1.32. The summed E-state index contributed by atoms with van der Waals surface area (Å²) in [5, 5.41) is 24.5. The minimum Gasteiger partial charge on any atom is -0.480 e. The third kappa shape index (κ3) is 12.0. The van der Waals surface area contributed by atoms with Gasteiger partial charge in [0.25, 0.3) is 5.91 Å². The van der Waals surface area contributed by atoms with Crippen LogP contribution in [0.25, 0.3) is 0 Å². The number of carboxylic acids is 2. The average molecular weight is 621 g/mol. The van der Waals surface area contributed by atoms with Crippen molar-refractivity contribution in [3.63, 3.8) is 0 Å². The molecule has 0 spiro atoms. The zero-order chi connectivity index (χ0) is 32.6. The van der Waals surface area contributed by atoms with Gasteiger partial charge in [-0.15, -0.1) is 0 Å². The van der Waals surface area contributed by atoms with Gasteiger partial charge in [-0.1, -0.05) is 24.0 Å². The summed E-state index contributed by atoms with van der Waals surface area (Å²) >= 11 is 6.52. The molecule has 0 aliphatic carbocycles. The molecule has 238 valence electrons. The number of nitrogens with zero attached hydrogens (tertiary/aromatic N) is 2. The first kappa shape index (κ1) is 39.0. The van der Waals surface area contributed by atoms with Gasteiger partial charge < -0.3 is 25.7 Å². The Bertz CT molecular complexity index is 934. The number of aliphatic carboxylic acids is 2. The maximum Gasteiger partial charge on any atom is 0.328 e. The second-order valence-electron chi connectivity index (χ2n) is 12.6. The van der Waals surface area contributed by atoms with Crippen molar-refractivity contribution in [2.75, 3.05) is 13.1 Å². The Kier molecular flexibility index (Phi) is 14.8. The average Bonchev–Trinajstić information content (AvgIpc) is 2.81. The number of thioether (sulfide) groups is 1. The van der Waals surface area contributed by atoms with E-state index in [2.05, 4.69) is 38.3 Å². The fourth-order valence-electron chi connectivity index (χ4n) is 4.15. The van der Waals surface area contributed by atoms with Crippen LogP contribution in [0.2, 0.25) is 0 Å². The highest BCUT2D eigenvalue weighted by atomic mass is 32.2. The van der Waals surface area contributed by atoms with Crippen LogP contribution in [-0.2, 0) is 24.0 Å². The number of piperidine rings is 1. The van der Waals surface area contributed by atoms with Crippen molar-refractivity contribution < 1.29 is 34.2 Å². The molecule has 1 aliphatic heterocycles. The number of hydrogen-bond acceptors (Lipinski definition) is 8. The third-order valence-corrected chi connectivity index (χ3v) is 8.49. The Morgan fingerprint density at radius 2 is 1.29 bits per heavy atom. The van der Waals surface area contributed by atoms with Gasteiger partial charge in [-0.25, -0.2) is 9.59 Å². The van der Waals surface area contributed by atoms with Crippen LogP contribution in [0, 0.1) is 0 Å². The summed E-state index contributed by atoms with van der Waals surface area (Å²) in [4.78, 5) is 54.1. The molecule has 4 N–H and O–H groups in total. The predicted octanol–water partition coefficient (Wildman–Crippen LogP) is 4.04. The second-order valence-corrected chi connectivity index (χ2v) is 14.5. The zero-order valence-corrected chi connectivity index (χ0v) is 28.5. The van der Waals surface area contributed by atoms with Crippen LogP contribution in [0.5, 0.6) is 0 Å². The topological polar surface area (TPSA) is 149 Å². The Hall–Kier alpha value is -1.96. The standard InChI is InChI=1S/C16H30N2O4.C12H22N2O3S2/c1-11(12(19)17-16(6,7)13(20)21)22-18-14(2,3)9-8-10-15(18,4)5;1-6-14(7-2)11(18)19-8(3)9(15)13-12(4,5)10(16)17/h11H,8-10H2,1-7H3,(H,17,19)(H,20,21);8H,6-7H2,1-5H3,(H,13,15)(H,16,17). The number of carboxylic acid groups (broad SMARTS) is 2. The summed E-state index contributed by atoms with van der Waals surface area (Å²) in [6, 6.07) is 0. The Balaban J connectivity index is 0.000000790. The second kappa shape index (κ2) is 15.5. The minimum absolute atomic E-state index is 0.168. The summed E-state index contributed by atoms with van der Waals surface area (Å²) in [6.07, 6.45) is 2.35. The lowest BCUT2D eigenvalue weighted by molar-refractivity contribution is -0.296. The van der Waals surface area contributed by atoms with Gasteiger partial charge in [0.2, 0.25) is 5.91 Å². The maximum atomic E-state index is 12.2. The van der Waals surface area contributed by atoms with Crippen molar-refractivity contribution >= 4 is 52.1 Å². The maximum absolute atomic E-state index is 12.2. The van der Waals surface area contributed by atoms with Gasteiger partial charge in [0.15, 0.2) is 6.10 Å².